The molecule has 6 heteroatoms. The number of hydrogen-bond donors (Lipinski definition) is 3. The lowest BCUT2D eigenvalue weighted by molar-refractivity contribution is -0.115. The summed E-state index contributed by atoms with van der Waals surface area (Å²) in [6.07, 6.45) is 5.92. The van der Waals surface area contributed by atoms with Crippen molar-refractivity contribution in [3.05, 3.63) is 89.0 Å². The molecule has 1 fully saturated rings. The smallest absolute Gasteiger partial charge is 0.226 e. The molecule has 0 saturated heterocycles. The minimum Gasteiger partial charge on any atom is -0.384 e. The predicted octanol–water partition coefficient (Wildman–Crippen LogP) is 5.65. The molecule has 0 unspecified atom stereocenters. The summed E-state index contributed by atoms with van der Waals surface area (Å²) in [6, 6.07) is 20.3. The van der Waals surface area contributed by atoms with Gasteiger partial charge in [-0.25, -0.2) is 0 Å². The van der Waals surface area contributed by atoms with Crippen molar-refractivity contribution in [1.29, 1.82) is 0 Å². The molecule has 2 aliphatic rings. The Labute approximate surface area is 205 Å². The second-order valence-electron chi connectivity index (χ2n) is 9.18. The number of anilines is 3. The average molecular weight is 468 g/mol. The van der Waals surface area contributed by atoms with Crippen molar-refractivity contribution in [3.8, 4) is 0 Å². The molecule has 0 heterocycles. The summed E-state index contributed by atoms with van der Waals surface area (Å²) >= 11 is 0. The quantitative estimate of drug-likeness (QED) is 0.327. The second-order valence-corrected chi connectivity index (χ2v) is 9.18. The fourth-order valence-corrected chi connectivity index (χ4v) is 5.01. The Morgan fingerprint density at radius 1 is 0.743 bits per heavy atom. The number of hydrogen-bond acceptors (Lipinski definition) is 5. The molecule has 5 rings (SSSR count). The molecular weight excluding hydrogens is 438 g/mol. The van der Waals surface area contributed by atoms with Crippen LogP contribution in [0.25, 0.3) is 0 Å². The molecular formula is C29H29N3O3. The lowest BCUT2D eigenvalue weighted by Crippen LogP contribution is -2.28. The summed E-state index contributed by atoms with van der Waals surface area (Å²) < 4.78 is 0. The van der Waals surface area contributed by atoms with Crippen LogP contribution in [-0.2, 0) is 4.79 Å². The first-order valence-electron chi connectivity index (χ1n) is 12.3. The molecule has 6 nitrogen and oxygen atoms in total. The molecule has 2 aliphatic carbocycles. The van der Waals surface area contributed by atoms with E-state index >= 15 is 0 Å². The van der Waals surface area contributed by atoms with Gasteiger partial charge in [-0.05, 0) is 37.1 Å². The van der Waals surface area contributed by atoms with Crippen LogP contribution in [0, 0.1) is 0 Å². The van der Waals surface area contributed by atoms with E-state index in [2.05, 4.69) is 16.0 Å². The van der Waals surface area contributed by atoms with E-state index in [1.54, 1.807) is 24.3 Å². The minimum atomic E-state index is -0.168. The standard InChI is InChI=1S/C29H29N3O3/c33-25(32-20-11-5-2-6-12-20)17-18-30-23-15-16-24(31-19-9-3-1-4-10-19)27-26(23)28(34)21-13-7-8-14-22(21)29(27)35/h2,5-8,11-16,19,30-31H,1,3-4,9-10,17-18H2,(H,32,33). The van der Waals surface area contributed by atoms with Gasteiger partial charge in [0.25, 0.3) is 0 Å². The highest BCUT2D eigenvalue weighted by Crippen LogP contribution is 2.37. The number of nitrogens with one attached hydrogen (secondary N) is 3. The molecule has 1 amide bonds. The summed E-state index contributed by atoms with van der Waals surface area (Å²) in [5, 5.41) is 9.66. The van der Waals surface area contributed by atoms with Crippen molar-refractivity contribution in [2.45, 2.75) is 44.6 Å². The Hall–Kier alpha value is -3.93. The Morgan fingerprint density at radius 2 is 1.34 bits per heavy atom. The van der Waals surface area contributed by atoms with Crippen LogP contribution in [0.1, 0.15) is 70.4 Å². The maximum absolute atomic E-state index is 13.6. The van der Waals surface area contributed by atoms with Crippen LogP contribution in [-0.4, -0.2) is 30.1 Å². The first kappa shape index (κ1) is 22.8. The van der Waals surface area contributed by atoms with Crippen LogP contribution in [0.3, 0.4) is 0 Å². The van der Waals surface area contributed by atoms with E-state index in [4.69, 9.17) is 0 Å². The van der Waals surface area contributed by atoms with E-state index in [1.807, 2.05) is 42.5 Å². The van der Waals surface area contributed by atoms with E-state index in [-0.39, 0.29) is 23.9 Å². The average Bonchev–Trinajstić information content (AvgIpc) is 2.89. The summed E-state index contributed by atoms with van der Waals surface area (Å²) in [4.78, 5) is 39.5. The third-order valence-electron chi connectivity index (χ3n) is 6.77. The number of benzene rings is 3. The van der Waals surface area contributed by atoms with Crippen LogP contribution < -0.4 is 16.0 Å². The van der Waals surface area contributed by atoms with E-state index in [0.29, 0.717) is 46.2 Å². The highest BCUT2D eigenvalue weighted by molar-refractivity contribution is 6.31. The van der Waals surface area contributed by atoms with Crippen LogP contribution in [0.15, 0.2) is 66.7 Å². The van der Waals surface area contributed by atoms with Gasteiger partial charge >= 0.3 is 0 Å². The molecule has 178 valence electrons. The van der Waals surface area contributed by atoms with Gasteiger partial charge in [0, 0.05) is 47.2 Å². The predicted molar refractivity (Wildman–Crippen MR) is 138 cm³/mol. The molecule has 0 aliphatic heterocycles. The molecule has 0 radical (unpaired) electrons. The highest BCUT2D eigenvalue weighted by Gasteiger charge is 2.34. The molecule has 0 bridgehead atoms. The van der Waals surface area contributed by atoms with Gasteiger partial charge in [-0.3, -0.25) is 14.4 Å². The van der Waals surface area contributed by atoms with Crippen LogP contribution in [0.2, 0.25) is 0 Å². The molecule has 35 heavy (non-hydrogen) atoms. The summed E-state index contributed by atoms with van der Waals surface area (Å²) in [5.41, 5.74) is 3.71. The fraction of sp³-hybridized carbons (Fsp3) is 0.276. The molecule has 3 aromatic carbocycles. The lowest BCUT2D eigenvalue weighted by atomic mass is 9.82. The SMILES string of the molecule is O=C(CCNc1ccc(NC2CCCCC2)c2c1C(=O)c1ccccc1C2=O)Nc1ccccc1. The molecule has 0 spiro atoms. The number of rotatable bonds is 7. The third-order valence-corrected chi connectivity index (χ3v) is 6.77. The van der Waals surface area contributed by atoms with Gasteiger partial charge in [-0.15, -0.1) is 0 Å². The van der Waals surface area contributed by atoms with Gasteiger partial charge in [-0.2, -0.15) is 0 Å². The molecule has 1 saturated carbocycles. The van der Waals surface area contributed by atoms with Crippen molar-refractivity contribution in [1.82, 2.24) is 0 Å². The molecule has 0 atom stereocenters. The van der Waals surface area contributed by atoms with Gasteiger partial charge in [0.15, 0.2) is 11.6 Å². The number of para-hydroxylation sites is 1. The summed E-state index contributed by atoms with van der Waals surface area (Å²) in [6.45, 7) is 0.337. The van der Waals surface area contributed by atoms with E-state index in [1.165, 1.54) is 19.3 Å². The minimum absolute atomic E-state index is 0.124. The topological polar surface area (TPSA) is 87.3 Å². The number of carbonyl (C=O) groups is 3. The first-order chi connectivity index (χ1) is 17.1. The lowest BCUT2D eigenvalue weighted by Gasteiger charge is -2.28. The fourth-order valence-electron chi connectivity index (χ4n) is 5.01. The first-order valence-corrected chi connectivity index (χ1v) is 12.3. The van der Waals surface area contributed by atoms with Crippen molar-refractivity contribution in [3.63, 3.8) is 0 Å². The summed E-state index contributed by atoms with van der Waals surface area (Å²) in [5.74, 6) is -0.432. The van der Waals surface area contributed by atoms with Gasteiger partial charge in [0.05, 0.1) is 11.1 Å². The molecule has 0 aromatic heterocycles. The Morgan fingerprint density at radius 3 is 2.03 bits per heavy atom. The van der Waals surface area contributed by atoms with Crippen molar-refractivity contribution >= 4 is 34.5 Å². The zero-order valence-corrected chi connectivity index (χ0v) is 19.6. The van der Waals surface area contributed by atoms with Gasteiger partial charge < -0.3 is 16.0 Å². The monoisotopic (exact) mass is 467 g/mol. The number of fused-ring (bicyclic) bond motifs is 2. The van der Waals surface area contributed by atoms with Crippen LogP contribution in [0.4, 0.5) is 17.1 Å². The second kappa shape index (κ2) is 10.1. The zero-order valence-electron chi connectivity index (χ0n) is 19.6. The third kappa shape index (κ3) is 4.83. The van der Waals surface area contributed by atoms with Crippen molar-refractivity contribution < 1.29 is 14.4 Å². The number of carbonyl (C=O) groups excluding carboxylic acids is 3. The maximum atomic E-state index is 13.6. The largest absolute Gasteiger partial charge is 0.384 e. The van der Waals surface area contributed by atoms with E-state index < -0.39 is 0 Å². The van der Waals surface area contributed by atoms with Gasteiger partial charge in [0.2, 0.25) is 5.91 Å². The molecule has 3 aromatic rings. The highest BCUT2D eigenvalue weighted by atomic mass is 16.2. The zero-order chi connectivity index (χ0) is 24.2. The van der Waals surface area contributed by atoms with Crippen molar-refractivity contribution in [2.24, 2.45) is 0 Å². The number of amides is 1. The maximum Gasteiger partial charge on any atom is 0.226 e. The van der Waals surface area contributed by atoms with E-state index in [0.717, 1.165) is 18.5 Å². The number of ketones is 2. The van der Waals surface area contributed by atoms with Crippen LogP contribution >= 0.6 is 0 Å². The Balaban J connectivity index is 1.40. The Bertz CT molecular complexity index is 1260. The van der Waals surface area contributed by atoms with Crippen molar-refractivity contribution in [2.75, 3.05) is 22.5 Å². The molecule has 3 N–H and O–H groups in total. The van der Waals surface area contributed by atoms with Crippen LogP contribution in [0.5, 0.6) is 0 Å². The van der Waals surface area contributed by atoms with E-state index in [9.17, 15) is 14.4 Å². The summed E-state index contributed by atoms with van der Waals surface area (Å²) in [7, 11) is 0. The van der Waals surface area contributed by atoms with Gasteiger partial charge in [-0.1, -0.05) is 61.7 Å². The Kier molecular flexibility index (Phi) is 6.62. The van der Waals surface area contributed by atoms with Gasteiger partial charge in [0.1, 0.15) is 0 Å². The normalized spacial score (nSPS) is 15.2.